The molecule has 1 aromatic carbocycles. The van der Waals surface area contributed by atoms with E-state index in [2.05, 4.69) is 15.5 Å². The van der Waals surface area contributed by atoms with Gasteiger partial charge >= 0.3 is 0 Å². The van der Waals surface area contributed by atoms with Crippen LogP contribution in [-0.4, -0.2) is 17.1 Å². The molecule has 0 atom stereocenters. The summed E-state index contributed by atoms with van der Waals surface area (Å²) in [5, 5.41) is 5.14. The van der Waals surface area contributed by atoms with Crippen molar-refractivity contribution in [2.45, 2.75) is 13.3 Å². The van der Waals surface area contributed by atoms with E-state index < -0.39 is 0 Å². The molecule has 0 bridgehead atoms. The molecule has 1 heterocycles. The molecule has 0 aliphatic carbocycles. The van der Waals surface area contributed by atoms with Crippen molar-refractivity contribution in [3.05, 3.63) is 44.4 Å². The molecule has 110 valence electrons. The van der Waals surface area contributed by atoms with Gasteiger partial charge in [-0.15, -0.1) is 0 Å². The third-order valence-electron chi connectivity index (χ3n) is 2.61. The fourth-order valence-electron chi connectivity index (χ4n) is 1.63. The van der Waals surface area contributed by atoms with Crippen molar-refractivity contribution in [1.82, 2.24) is 10.4 Å². The number of carbonyl (C=O) groups is 1. The van der Waals surface area contributed by atoms with Gasteiger partial charge in [0.25, 0.3) is 5.91 Å². The van der Waals surface area contributed by atoms with E-state index in [4.69, 9.17) is 28.9 Å². The van der Waals surface area contributed by atoms with Crippen LogP contribution in [0.15, 0.2) is 23.3 Å². The Balaban J connectivity index is 2.12. The topological polar surface area (TPSA) is 80.4 Å². The van der Waals surface area contributed by atoms with Gasteiger partial charge in [0.05, 0.1) is 22.0 Å². The zero-order chi connectivity index (χ0) is 15.4. The van der Waals surface area contributed by atoms with Gasteiger partial charge in [0, 0.05) is 5.56 Å². The number of nitrogens with one attached hydrogen (secondary N) is 1. The van der Waals surface area contributed by atoms with Gasteiger partial charge in [0.2, 0.25) is 0 Å². The van der Waals surface area contributed by atoms with E-state index in [-0.39, 0.29) is 5.91 Å². The van der Waals surface area contributed by atoms with E-state index >= 15 is 0 Å². The highest BCUT2D eigenvalue weighted by Gasteiger charge is 2.15. The maximum atomic E-state index is 12.0. The number of nitrogens with zero attached hydrogens (tertiary/aromatic N) is 2. The molecule has 0 fully saturated rings. The summed E-state index contributed by atoms with van der Waals surface area (Å²) in [4.78, 5) is 16.6. The number of aryl methyl sites for hydroxylation is 1. The number of hydrogen-bond acceptors (Lipinski definition) is 5. The Bertz CT molecular complexity index is 679. The summed E-state index contributed by atoms with van der Waals surface area (Å²) < 4.78 is 0. The fourth-order valence-corrected chi connectivity index (χ4v) is 2.93. The summed E-state index contributed by atoms with van der Waals surface area (Å²) in [6, 6.07) is 5.11. The molecule has 1 aromatic heterocycles. The van der Waals surface area contributed by atoms with Gasteiger partial charge in [-0.1, -0.05) is 47.5 Å². The Kier molecular flexibility index (Phi) is 5.17. The lowest BCUT2D eigenvalue weighted by Crippen LogP contribution is -2.17. The standard InChI is InChI=1S/C13H12Cl2N4OS/c1-2-10-11(21-13(16)18-10)12(20)19-17-6-7-8(14)4-3-5-9(7)15/h3-6H,2H2,1H3,(H2,16,18)(H,19,20)/b17-6-. The van der Waals surface area contributed by atoms with Crippen molar-refractivity contribution in [1.29, 1.82) is 0 Å². The average Bonchev–Trinajstić information content (AvgIpc) is 2.83. The van der Waals surface area contributed by atoms with E-state index in [9.17, 15) is 4.79 Å². The lowest BCUT2D eigenvalue weighted by molar-refractivity contribution is 0.0958. The number of hydrazone groups is 1. The molecular formula is C13H12Cl2N4OS. The quantitative estimate of drug-likeness (QED) is 0.660. The van der Waals surface area contributed by atoms with E-state index in [1.54, 1.807) is 18.2 Å². The van der Waals surface area contributed by atoms with Gasteiger partial charge in [-0.2, -0.15) is 5.10 Å². The summed E-state index contributed by atoms with van der Waals surface area (Å²) in [5.74, 6) is -0.361. The SMILES string of the molecule is CCc1nc(N)sc1C(=O)N/N=C\c1c(Cl)cccc1Cl. The van der Waals surface area contributed by atoms with Crippen LogP contribution < -0.4 is 11.2 Å². The smallest absolute Gasteiger partial charge is 0.283 e. The van der Waals surface area contributed by atoms with Crippen molar-refractivity contribution >= 4 is 51.8 Å². The molecule has 2 aromatic rings. The number of halogens is 2. The molecule has 3 N–H and O–H groups in total. The van der Waals surface area contributed by atoms with Crippen molar-refractivity contribution in [2.24, 2.45) is 5.10 Å². The van der Waals surface area contributed by atoms with E-state index in [0.717, 1.165) is 11.3 Å². The molecule has 5 nitrogen and oxygen atoms in total. The number of aromatic nitrogens is 1. The maximum absolute atomic E-state index is 12.0. The normalized spacial score (nSPS) is 11.0. The summed E-state index contributed by atoms with van der Waals surface area (Å²) in [6.07, 6.45) is 2.02. The molecule has 0 aliphatic heterocycles. The van der Waals surface area contributed by atoms with Crippen molar-refractivity contribution in [3.63, 3.8) is 0 Å². The Morgan fingerprint density at radius 2 is 2.14 bits per heavy atom. The van der Waals surface area contributed by atoms with Crippen LogP contribution in [0.1, 0.15) is 27.9 Å². The molecular weight excluding hydrogens is 331 g/mol. The van der Waals surface area contributed by atoms with Crippen LogP contribution in [0.3, 0.4) is 0 Å². The molecule has 8 heteroatoms. The number of thiazole rings is 1. The third kappa shape index (κ3) is 3.72. The molecule has 0 spiro atoms. The van der Waals surface area contributed by atoms with Gasteiger partial charge < -0.3 is 5.73 Å². The first-order chi connectivity index (χ1) is 10.0. The minimum absolute atomic E-state index is 0.357. The number of carbonyl (C=O) groups excluding carboxylic acids is 1. The second-order valence-electron chi connectivity index (χ2n) is 4.02. The first kappa shape index (κ1) is 15.8. The molecule has 0 aliphatic rings. The van der Waals surface area contributed by atoms with Gasteiger partial charge in [-0.3, -0.25) is 4.79 Å². The minimum Gasteiger partial charge on any atom is -0.375 e. The third-order valence-corrected chi connectivity index (χ3v) is 4.20. The van der Waals surface area contributed by atoms with Crippen molar-refractivity contribution in [2.75, 3.05) is 5.73 Å². The highest BCUT2D eigenvalue weighted by molar-refractivity contribution is 7.17. The van der Waals surface area contributed by atoms with Crippen LogP contribution in [0.25, 0.3) is 0 Å². The highest BCUT2D eigenvalue weighted by atomic mass is 35.5. The lowest BCUT2D eigenvalue weighted by Gasteiger charge is -2.01. The number of anilines is 1. The maximum Gasteiger partial charge on any atom is 0.283 e. The van der Waals surface area contributed by atoms with Crippen molar-refractivity contribution in [3.8, 4) is 0 Å². The number of hydrogen-bond donors (Lipinski definition) is 2. The number of nitrogen functional groups attached to an aromatic ring is 1. The Labute approximate surface area is 135 Å². The monoisotopic (exact) mass is 342 g/mol. The molecule has 0 saturated heterocycles. The predicted molar refractivity (Wildman–Crippen MR) is 87.4 cm³/mol. The molecule has 0 saturated carbocycles. The molecule has 2 rings (SSSR count). The van der Waals surface area contributed by atoms with E-state index in [0.29, 0.717) is 37.7 Å². The van der Waals surface area contributed by atoms with Crippen LogP contribution in [0, 0.1) is 0 Å². The van der Waals surface area contributed by atoms with E-state index in [1.807, 2.05) is 6.92 Å². The van der Waals surface area contributed by atoms with Gasteiger partial charge in [-0.25, -0.2) is 10.4 Å². The Morgan fingerprint density at radius 1 is 1.48 bits per heavy atom. The number of nitrogens with two attached hydrogens (primary N) is 1. The fraction of sp³-hybridized carbons (Fsp3) is 0.154. The molecule has 1 amide bonds. The van der Waals surface area contributed by atoms with E-state index in [1.165, 1.54) is 6.21 Å². The van der Waals surface area contributed by atoms with Crippen LogP contribution in [0.5, 0.6) is 0 Å². The molecule has 21 heavy (non-hydrogen) atoms. The Morgan fingerprint density at radius 3 is 2.76 bits per heavy atom. The first-order valence-electron chi connectivity index (χ1n) is 6.05. The summed E-state index contributed by atoms with van der Waals surface area (Å²) in [7, 11) is 0. The number of benzene rings is 1. The van der Waals surface area contributed by atoms with Crippen molar-refractivity contribution < 1.29 is 4.79 Å². The number of rotatable bonds is 4. The minimum atomic E-state index is -0.361. The predicted octanol–water partition coefficient (Wildman–Crippen LogP) is 3.36. The zero-order valence-electron chi connectivity index (χ0n) is 11.1. The van der Waals surface area contributed by atoms with Gasteiger partial charge in [0.15, 0.2) is 5.13 Å². The summed E-state index contributed by atoms with van der Waals surface area (Å²) >= 11 is 13.1. The summed E-state index contributed by atoms with van der Waals surface area (Å²) in [6.45, 7) is 1.90. The highest BCUT2D eigenvalue weighted by Crippen LogP contribution is 2.22. The lowest BCUT2D eigenvalue weighted by atomic mass is 10.2. The zero-order valence-corrected chi connectivity index (χ0v) is 13.4. The van der Waals surface area contributed by atoms with Crippen LogP contribution in [0.4, 0.5) is 5.13 Å². The summed E-state index contributed by atoms with van der Waals surface area (Å²) in [5.41, 5.74) is 9.22. The Hall–Kier alpha value is -1.63. The van der Waals surface area contributed by atoms with Crippen LogP contribution in [-0.2, 0) is 6.42 Å². The second-order valence-corrected chi connectivity index (χ2v) is 5.86. The largest absolute Gasteiger partial charge is 0.375 e. The first-order valence-corrected chi connectivity index (χ1v) is 7.62. The molecule has 0 unspecified atom stereocenters. The van der Waals surface area contributed by atoms with Gasteiger partial charge in [0.1, 0.15) is 4.88 Å². The average molecular weight is 343 g/mol. The number of amides is 1. The van der Waals surface area contributed by atoms with Crippen LogP contribution in [0.2, 0.25) is 10.0 Å². The van der Waals surface area contributed by atoms with Gasteiger partial charge in [-0.05, 0) is 18.6 Å². The van der Waals surface area contributed by atoms with Crippen LogP contribution >= 0.6 is 34.5 Å². The molecule has 0 radical (unpaired) electrons. The second kappa shape index (κ2) is 6.89.